The number of hydrogen-bond acceptors (Lipinski definition) is 2. The van der Waals surface area contributed by atoms with Gasteiger partial charge >= 0.3 is 48.1 Å². The summed E-state index contributed by atoms with van der Waals surface area (Å²) >= 11 is 0. The van der Waals surface area contributed by atoms with E-state index >= 15 is 0 Å². The maximum absolute atomic E-state index is 8.74. The zero-order chi connectivity index (χ0) is 4.50. The van der Waals surface area contributed by atoms with Crippen molar-refractivity contribution in [1.82, 2.24) is 0 Å². The minimum Gasteiger partial charge on any atom is -1.00 e. The second-order valence-electron chi connectivity index (χ2n) is 0.448. The van der Waals surface area contributed by atoms with E-state index < -0.39 is 10.4 Å². The number of hydrogen-bond donors (Lipinski definition) is 2. The first-order valence-electron chi connectivity index (χ1n) is 0.698. The van der Waals surface area contributed by atoms with Crippen LogP contribution in [0.15, 0.2) is 0 Å². The maximum atomic E-state index is 8.74. The Morgan fingerprint density at radius 1 is 1.25 bits per heavy atom. The Labute approximate surface area is 89.7 Å². The molecule has 0 aromatic rings. The Hall–Kier alpha value is 1.59. The molecule has 0 aliphatic carbocycles. The Kier molecular flexibility index (Phi) is 24.3. The molecule has 0 radical (unpaired) electrons. The zero-order valence-corrected chi connectivity index (χ0v) is 6.26. The van der Waals surface area contributed by atoms with Crippen LogP contribution in [0.1, 0.15) is 2.85 Å². The molecule has 0 spiro atoms. The van der Waals surface area contributed by atoms with Gasteiger partial charge in [-0.25, -0.2) is 0 Å². The molecule has 0 aliphatic heterocycles. The third-order valence-corrected chi connectivity index (χ3v) is 0. The van der Waals surface area contributed by atoms with E-state index in [2.05, 4.69) is 0 Å². The smallest absolute Gasteiger partial charge is 1.00 e. The molecule has 0 saturated heterocycles. The van der Waals surface area contributed by atoms with Gasteiger partial charge in [-0.1, -0.05) is 0 Å². The Morgan fingerprint density at radius 3 is 1.25 bits per heavy atom. The predicted octanol–water partition coefficient (Wildman–Crippen LogP) is -1.84. The van der Waals surface area contributed by atoms with Crippen LogP contribution in [-0.2, 0) is 10.4 Å². The summed E-state index contributed by atoms with van der Waals surface area (Å²) in [7, 11) is -4.67. The van der Waals surface area contributed by atoms with Gasteiger partial charge in [0.15, 0.2) is 17.4 Å². The third-order valence-electron chi connectivity index (χ3n) is 0. The van der Waals surface area contributed by atoms with Crippen molar-refractivity contribution in [3.05, 3.63) is 0 Å². The first-order valence-corrected chi connectivity index (χ1v) is 2.10. The van der Waals surface area contributed by atoms with E-state index in [9.17, 15) is 0 Å². The van der Waals surface area contributed by atoms with Gasteiger partial charge in [0.2, 0.25) is 0 Å². The zero-order valence-electron chi connectivity index (χ0n) is 5.23. The van der Waals surface area contributed by atoms with Crippen LogP contribution in [0, 0.1) is 0 Å². The molecule has 0 rings (SSSR count). The quantitative estimate of drug-likeness (QED) is 0.348. The fourth-order valence-electron chi connectivity index (χ4n) is 0. The Morgan fingerprint density at radius 2 is 1.25 bits per heavy atom. The van der Waals surface area contributed by atoms with Crippen molar-refractivity contribution in [1.29, 1.82) is 0 Å². The molecule has 0 aromatic carbocycles. The van der Waals surface area contributed by atoms with Crippen LogP contribution >= 0.6 is 0 Å². The molecule has 0 aliphatic rings. The van der Waals surface area contributed by atoms with Gasteiger partial charge in [-0.2, -0.15) is 8.42 Å². The maximum Gasteiger partial charge on any atom is 2.00 e. The van der Waals surface area contributed by atoms with Gasteiger partial charge < -0.3 is 2.85 Å². The monoisotopic (exact) mass is 190 g/mol. The molecule has 0 heterocycles. The van der Waals surface area contributed by atoms with Crippen LogP contribution in [-0.4, -0.2) is 72.6 Å². The summed E-state index contributed by atoms with van der Waals surface area (Å²) in [6.07, 6.45) is 0. The average molecular weight is 190 g/mol. The van der Waals surface area contributed by atoms with Crippen LogP contribution in [0.4, 0.5) is 4.70 Å². The molecule has 8 heavy (non-hydrogen) atoms. The van der Waals surface area contributed by atoms with E-state index in [-0.39, 0.29) is 62.7 Å². The normalized spacial score (nSPS) is 7.25. The summed E-state index contributed by atoms with van der Waals surface area (Å²) in [6, 6.07) is 0. The van der Waals surface area contributed by atoms with Crippen molar-refractivity contribution >= 4 is 65.5 Å². The molecule has 0 saturated carbocycles. The molecule has 8 heteroatoms. The Bertz CT molecular complexity index is 106. The Balaban J connectivity index is -0.00000000800. The number of halogens is 1. The van der Waals surface area contributed by atoms with Gasteiger partial charge in [0.05, 0.1) is 0 Å². The van der Waals surface area contributed by atoms with Crippen molar-refractivity contribution in [2.45, 2.75) is 0 Å². The van der Waals surface area contributed by atoms with Gasteiger partial charge in [-0.05, 0) is 0 Å². The molecular weight excluding hydrogens is 182 g/mol. The predicted molar refractivity (Wildman–Crippen MR) is 34.6 cm³/mol. The second-order valence-corrected chi connectivity index (χ2v) is 1.34. The van der Waals surface area contributed by atoms with E-state index in [1.807, 2.05) is 0 Å². The van der Waals surface area contributed by atoms with Crippen LogP contribution in [0.25, 0.3) is 0 Å². The molecule has 50 valence electrons. The first-order chi connectivity index (χ1) is 2.00. The first kappa shape index (κ1) is 22.6. The topological polar surface area (TPSA) is 74.6 Å². The van der Waals surface area contributed by atoms with Crippen LogP contribution in [0.5, 0.6) is 0 Å². The molecule has 0 fully saturated rings. The fourth-order valence-corrected chi connectivity index (χ4v) is 0. The van der Waals surface area contributed by atoms with E-state index in [1.54, 1.807) is 0 Å². The molecular formula is H8AlCaFO4S. The van der Waals surface area contributed by atoms with E-state index in [0.717, 1.165) is 0 Å². The molecule has 0 unspecified atom stereocenters. The molecule has 2 N–H and O–H groups in total. The fraction of sp³-hybridized carbons (Fsp3) is 0. The summed E-state index contributed by atoms with van der Waals surface area (Å²) in [4.78, 5) is 0. The summed E-state index contributed by atoms with van der Waals surface area (Å²) in [6.45, 7) is 0. The van der Waals surface area contributed by atoms with Crippen molar-refractivity contribution in [2.75, 3.05) is 0 Å². The molecule has 0 amide bonds. The van der Waals surface area contributed by atoms with Gasteiger partial charge in [0.25, 0.3) is 0 Å². The molecule has 4 nitrogen and oxygen atoms in total. The summed E-state index contributed by atoms with van der Waals surface area (Å²) in [5.74, 6) is 0. The van der Waals surface area contributed by atoms with Crippen molar-refractivity contribution in [3.63, 3.8) is 0 Å². The van der Waals surface area contributed by atoms with Gasteiger partial charge in [0, 0.05) is 0 Å². The van der Waals surface area contributed by atoms with E-state index in [0.29, 0.717) is 0 Å². The van der Waals surface area contributed by atoms with Gasteiger partial charge in [0.1, 0.15) is 0 Å². The van der Waals surface area contributed by atoms with E-state index in [1.165, 1.54) is 0 Å². The largest absolute Gasteiger partial charge is 2.00 e. The van der Waals surface area contributed by atoms with Crippen LogP contribution in [0.2, 0.25) is 0 Å². The molecule has 0 bridgehead atoms. The summed E-state index contributed by atoms with van der Waals surface area (Å²) in [5, 5.41) is 0. The minimum atomic E-state index is -4.67. The van der Waals surface area contributed by atoms with Crippen molar-refractivity contribution < 1.29 is 25.1 Å². The SMILES string of the molecule is F.O=S(=O)(O)O.[AlH3].[Ca+2].[H-].[H-]. The van der Waals surface area contributed by atoms with E-state index in [4.69, 9.17) is 17.5 Å². The van der Waals surface area contributed by atoms with Gasteiger partial charge in [-0.15, -0.1) is 0 Å². The minimum absolute atomic E-state index is 0. The third kappa shape index (κ3) is 130. The van der Waals surface area contributed by atoms with Crippen LogP contribution < -0.4 is 0 Å². The standard InChI is InChI=1S/Al.Ca.FH.H2O4S.5H/c;;;1-5(2,3)4;;;;;/h;;1H;(H2,1,2,3,4);;;;;/q;+2;;;;;;2*-1. The average Bonchev–Trinajstić information content (AvgIpc) is 0.722. The number of rotatable bonds is 0. The van der Waals surface area contributed by atoms with Crippen molar-refractivity contribution in [2.24, 2.45) is 0 Å². The van der Waals surface area contributed by atoms with Crippen molar-refractivity contribution in [3.8, 4) is 0 Å². The van der Waals surface area contributed by atoms with Crippen LogP contribution in [0.3, 0.4) is 0 Å². The summed E-state index contributed by atoms with van der Waals surface area (Å²) in [5.41, 5.74) is 0. The summed E-state index contributed by atoms with van der Waals surface area (Å²) < 4.78 is 31.6. The second kappa shape index (κ2) is 8.59. The molecule has 0 aromatic heterocycles. The molecule has 0 atom stereocenters. The van der Waals surface area contributed by atoms with Gasteiger partial charge in [-0.3, -0.25) is 13.8 Å².